The monoisotopic (exact) mass is 262 g/mol. The highest BCUT2D eigenvalue weighted by atomic mass is 19.1. The molecular weight excluding hydrogens is 243 g/mol. The van der Waals surface area contributed by atoms with E-state index in [-0.39, 0.29) is 24.3 Å². The van der Waals surface area contributed by atoms with Crippen molar-refractivity contribution in [2.45, 2.75) is 39.3 Å². The molecule has 3 nitrogen and oxygen atoms in total. The minimum absolute atomic E-state index is 0.00414. The summed E-state index contributed by atoms with van der Waals surface area (Å²) in [6.45, 7) is 4.39. The van der Waals surface area contributed by atoms with Crippen molar-refractivity contribution in [3.8, 4) is 0 Å². The molecule has 0 unspecified atom stereocenters. The summed E-state index contributed by atoms with van der Waals surface area (Å²) in [4.78, 5) is 11.9. The minimum Gasteiger partial charge on any atom is -0.352 e. The second-order valence-corrected chi connectivity index (χ2v) is 4.73. The average molecular weight is 262 g/mol. The van der Waals surface area contributed by atoms with Gasteiger partial charge in [0.15, 0.2) is 0 Å². The van der Waals surface area contributed by atoms with E-state index in [1.807, 2.05) is 16.8 Å². The maximum absolute atomic E-state index is 13.1. The number of hydrogen-bond acceptors (Lipinski definition) is 1. The normalized spacial score (nSPS) is 11.2. The molecule has 1 heterocycles. The van der Waals surface area contributed by atoms with E-state index in [0.29, 0.717) is 0 Å². The first-order valence-corrected chi connectivity index (χ1v) is 6.67. The molecule has 0 aliphatic rings. The summed E-state index contributed by atoms with van der Waals surface area (Å²) >= 11 is 0. The Morgan fingerprint density at radius 1 is 1.32 bits per heavy atom. The van der Waals surface area contributed by atoms with Crippen LogP contribution in [0.3, 0.4) is 0 Å². The van der Waals surface area contributed by atoms with Crippen molar-refractivity contribution in [2.75, 3.05) is 0 Å². The molecule has 0 spiro atoms. The van der Waals surface area contributed by atoms with Crippen molar-refractivity contribution in [3.05, 3.63) is 36.3 Å². The lowest BCUT2D eigenvalue weighted by Crippen LogP contribution is -2.36. The van der Waals surface area contributed by atoms with Gasteiger partial charge < -0.3 is 9.88 Å². The van der Waals surface area contributed by atoms with E-state index in [1.165, 1.54) is 12.1 Å². The summed E-state index contributed by atoms with van der Waals surface area (Å²) < 4.78 is 14.9. The van der Waals surface area contributed by atoms with Crippen LogP contribution in [0.5, 0.6) is 0 Å². The van der Waals surface area contributed by atoms with Gasteiger partial charge in [0.2, 0.25) is 5.91 Å². The number of aromatic nitrogens is 1. The predicted octanol–water partition coefficient (Wildman–Crippen LogP) is 3.09. The van der Waals surface area contributed by atoms with Gasteiger partial charge in [-0.2, -0.15) is 0 Å². The first-order valence-electron chi connectivity index (χ1n) is 6.67. The summed E-state index contributed by atoms with van der Waals surface area (Å²) in [5.74, 6) is -0.262. The van der Waals surface area contributed by atoms with Gasteiger partial charge in [0.25, 0.3) is 0 Å². The second kappa shape index (κ2) is 5.87. The zero-order valence-electron chi connectivity index (χ0n) is 11.3. The molecule has 0 atom stereocenters. The molecule has 0 radical (unpaired) electrons. The Kier molecular flexibility index (Phi) is 4.20. The molecule has 0 bridgehead atoms. The first-order chi connectivity index (χ1) is 9.13. The van der Waals surface area contributed by atoms with Gasteiger partial charge in [-0.1, -0.05) is 13.8 Å². The third-order valence-electron chi connectivity index (χ3n) is 3.40. The van der Waals surface area contributed by atoms with E-state index in [2.05, 4.69) is 19.2 Å². The molecule has 4 heteroatoms. The lowest BCUT2D eigenvalue weighted by atomic mass is 10.2. The molecule has 2 aromatic rings. The number of carbonyl (C=O) groups excluding carboxylic acids is 1. The van der Waals surface area contributed by atoms with Crippen molar-refractivity contribution in [1.82, 2.24) is 9.88 Å². The van der Waals surface area contributed by atoms with Crippen LogP contribution in [-0.2, 0) is 11.3 Å². The number of halogens is 1. The Bertz CT molecular complexity index is 573. The fourth-order valence-electron chi connectivity index (χ4n) is 2.23. The summed E-state index contributed by atoms with van der Waals surface area (Å²) in [6.07, 6.45) is 3.68. The largest absolute Gasteiger partial charge is 0.352 e. The van der Waals surface area contributed by atoms with Crippen LogP contribution in [0.4, 0.5) is 4.39 Å². The maximum atomic E-state index is 13.1. The topological polar surface area (TPSA) is 34.0 Å². The fraction of sp³-hybridized carbons (Fsp3) is 0.400. The molecule has 102 valence electrons. The highest BCUT2D eigenvalue weighted by Gasteiger charge is 2.10. The van der Waals surface area contributed by atoms with Gasteiger partial charge in [0.1, 0.15) is 12.4 Å². The highest BCUT2D eigenvalue weighted by molar-refractivity contribution is 5.83. The lowest BCUT2D eigenvalue weighted by Gasteiger charge is -2.15. The number of amides is 1. The van der Waals surface area contributed by atoms with Crippen LogP contribution in [-0.4, -0.2) is 16.5 Å². The quantitative estimate of drug-likeness (QED) is 0.882. The summed E-state index contributed by atoms with van der Waals surface area (Å²) in [5, 5.41) is 3.81. The van der Waals surface area contributed by atoms with Crippen molar-refractivity contribution in [1.29, 1.82) is 0 Å². The van der Waals surface area contributed by atoms with Crippen LogP contribution >= 0.6 is 0 Å². The zero-order chi connectivity index (χ0) is 13.8. The van der Waals surface area contributed by atoms with Crippen molar-refractivity contribution < 1.29 is 9.18 Å². The standard InChI is InChI=1S/C15H19FN2O/c1-3-13(4-2)17-15(19)10-18-8-7-11-9-12(16)5-6-14(11)18/h5-9,13H,3-4,10H2,1-2H3,(H,17,19). The Morgan fingerprint density at radius 2 is 2.05 bits per heavy atom. The van der Waals surface area contributed by atoms with E-state index in [4.69, 9.17) is 0 Å². The number of fused-ring (bicyclic) bond motifs is 1. The predicted molar refractivity (Wildman–Crippen MR) is 74.4 cm³/mol. The minimum atomic E-state index is -0.258. The highest BCUT2D eigenvalue weighted by Crippen LogP contribution is 2.16. The average Bonchev–Trinajstić information content (AvgIpc) is 2.78. The Hall–Kier alpha value is -1.84. The Labute approximate surface area is 112 Å². The smallest absolute Gasteiger partial charge is 0.240 e. The van der Waals surface area contributed by atoms with Gasteiger partial charge in [0, 0.05) is 23.1 Å². The SMILES string of the molecule is CCC(CC)NC(=O)Cn1ccc2cc(F)ccc21. The van der Waals surface area contributed by atoms with Crippen LogP contribution in [0.1, 0.15) is 26.7 Å². The molecule has 1 aromatic carbocycles. The zero-order valence-corrected chi connectivity index (χ0v) is 11.3. The molecular formula is C15H19FN2O. The van der Waals surface area contributed by atoms with Crippen LogP contribution in [0.2, 0.25) is 0 Å². The van der Waals surface area contributed by atoms with Gasteiger partial charge in [-0.05, 0) is 37.1 Å². The molecule has 1 N–H and O–H groups in total. The number of rotatable bonds is 5. The molecule has 0 fully saturated rings. The van der Waals surface area contributed by atoms with E-state index in [1.54, 1.807) is 6.07 Å². The van der Waals surface area contributed by atoms with E-state index in [9.17, 15) is 9.18 Å². The molecule has 1 amide bonds. The van der Waals surface area contributed by atoms with Gasteiger partial charge in [0.05, 0.1) is 0 Å². The number of hydrogen-bond donors (Lipinski definition) is 1. The van der Waals surface area contributed by atoms with Crippen LogP contribution < -0.4 is 5.32 Å². The van der Waals surface area contributed by atoms with Crippen molar-refractivity contribution in [3.63, 3.8) is 0 Å². The van der Waals surface area contributed by atoms with Crippen LogP contribution in [0.15, 0.2) is 30.5 Å². The molecule has 0 saturated heterocycles. The third kappa shape index (κ3) is 3.13. The van der Waals surface area contributed by atoms with Crippen molar-refractivity contribution >= 4 is 16.8 Å². The Balaban J connectivity index is 2.11. The van der Waals surface area contributed by atoms with Crippen LogP contribution in [0.25, 0.3) is 10.9 Å². The fourth-order valence-corrected chi connectivity index (χ4v) is 2.23. The maximum Gasteiger partial charge on any atom is 0.240 e. The Morgan fingerprint density at radius 3 is 2.74 bits per heavy atom. The molecule has 0 saturated carbocycles. The number of benzene rings is 1. The molecule has 19 heavy (non-hydrogen) atoms. The third-order valence-corrected chi connectivity index (χ3v) is 3.40. The number of nitrogens with one attached hydrogen (secondary N) is 1. The van der Waals surface area contributed by atoms with Crippen LogP contribution in [0, 0.1) is 5.82 Å². The van der Waals surface area contributed by atoms with E-state index >= 15 is 0 Å². The number of carbonyl (C=O) groups is 1. The first kappa shape index (κ1) is 13.6. The molecule has 0 aliphatic heterocycles. The second-order valence-electron chi connectivity index (χ2n) is 4.73. The van der Waals surface area contributed by atoms with Gasteiger partial charge in [-0.25, -0.2) is 4.39 Å². The van der Waals surface area contributed by atoms with Gasteiger partial charge >= 0.3 is 0 Å². The van der Waals surface area contributed by atoms with Crippen molar-refractivity contribution in [2.24, 2.45) is 0 Å². The molecule has 1 aromatic heterocycles. The summed E-state index contributed by atoms with van der Waals surface area (Å²) in [6, 6.07) is 6.65. The number of nitrogens with zero attached hydrogens (tertiary/aromatic N) is 1. The molecule has 0 aliphatic carbocycles. The lowest BCUT2D eigenvalue weighted by molar-refractivity contribution is -0.122. The van der Waals surface area contributed by atoms with Gasteiger partial charge in [-0.3, -0.25) is 4.79 Å². The van der Waals surface area contributed by atoms with E-state index in [0.717, 1.165) is 23.7 Å². The summed E-state index contributed by atoms with van der Waals surface area (Å²) in [5.41, 5.74) is 0.876. The van der Waals surface area contributed by atoms with E-state index < -0.39 is 0 Å². The van der Waals surface area contributed by atoms with Gasteiger partial charge in [-0.15, -0.1) is 0 Å². The molecule has 2 rings (SSSR count). The summed E-state index contributed by atoms with van der Waals surface area (Å²) in [7, 11) is 0.